The van der Waals surface area contributed by atoms with Gasteiger partial charge in [0.1, 0.15) is 0 Å². The third-order valence-corrected chi connectivity index (χ3v) is 4.04. The summed E-state index contributed by atoms with van der Waals surface area (Å²) in [5, 5.41) is 2.95. The van der Waals surface area contributed by atoms with Crippen LogP contribution in [0, 0.1) is 0 Å². The molecule has 0 aliphatic rings. The Morgan fingerprint density at radius 1 is 0.870 bits per heavy atom. The summed E-state index contributed by atoms with van der Waals surface area (Å²) < 4.78 is 0.933. The summed E-state index contributed by atoms with van der Waals surface area (Å²) in [6.45, 7) is 0. The molecule has 114 valence electrons. The van der Waals surface area contributed by atoms with Crippen molar-refractivity contribution < 1.29 is 4.79 Å². The maximum absolute atomic E-state index is 12.5. The topological polar surface area (TPSA) is 55.1 Å². The fraction of sp³-hybridized carbons (Fsp3) is 0. The second-order valence-corrected chi connectivity index (χ2v) is 6.01. The molecule has 3 rings (SSSR count). The van der Waals surface area contributed by atoms with Crippen LogP contribution in [0.1, 0.15) is 10.4 Å². The van der Waals surface area contributed by atoms with Gasteiger partial charge in [-0.1, -0.05) is 52.3 Å². The van der Waals surface area contributed by atoms with Crippen LogP contribution in [-0.2, 0) is 0 Å². The highest BCUT2D eigenvalue weighted by Crippen LogP contribution is 2.33. The summed E-state index contributed by atoms with van der Waals surface area (Å²) in [5.41, 5.74) is 9.85. The number of hydrogen-bond donors (Lipinski definition) is 2. The minimum Gasteiger partial charge on any atom is -0.398 e. The van der Waals surface area contributed by atoms with Gasteiger partial charge in [0.2, 0.25) is 0 Å². The van der Waals surface area contributed by atoms with E-state index < -0.39 is 0 Å². The van der Waals surface area contributed by atoms with Crippen molar-refractivity contribution >= 4 is 33.2 Å². The quantitative estimate of drug-likeness (QED) is 0.644. The smallest absolute Gasteiger partial charge is 0.255 e. The Morgan fingerprint density at radius 2 is 1.57 bits per heavy atom. The maximum Gasteiger partial charge on any atom is 0.255 e. The van der Waals surface area contributed by atoms with Gasteiger partial charge in [-0.3, -0.25) is 4.79 Å². The first-order valence-corrected chi connectivity index (χ1v) is 7.95. The Morgan fingerprint density at radius 3 is 2.26 bits per heavy atom. The normalized spacial score (nSPS) is 10.3. The zero-order valence-electron chi connectivity index (χ0n) is 12.3. The minimum atomic E-state index is -0.166. The van der Waals surface area contributed by atoms with Crippen molar-refractivity contribution in [2.24, 2.45) is 0 Å². The number of amides is 1. The minimum absolute atomic E-state index is 0.166. The Hall–Kier alpha value is -2.59. The molecule has 0 heterocycles. The Labute approximate surface area is 143 Å². The number of hydrogen-bond acceptors (Lipinski definition) is 2. The predicted octanol–water partition coefficient (Wildman–Crippen LogP) is 4.95. The number of nitrogens with one attached hydrogen (secondary N) is 1. The number of nitrogen functional groups attached to an aromatic ring is 1. The van der Waals surface area contributed by atoms with E-state index in [1.807, 2.05) is 60.7 Å². The fourth-order valence-corrected chi connectivity index (χ4v) is 2.66. The lowest BCUT2D eigenvalue weighted by atomic mass is 10.0. The van der Waals surface area contributed by atoms with Crippen molar-refractivity contribution in [2.45, 2.75) is 0 Å². The third-order valence-electron chi connectivity index (χ3n) is 3.51. The van der Waals surface area contributed by atoms with E-state index >= 15 is 0 Å². The molecule has 0 radical (unpaired) electrons. The van der Waals surface area contributed by atoms with Gasteiger partial charge >= 0.3 is 0 Å². The van der Waals surface area contributed by atoms with Crippen molar-refractivity contribution in [3.05, 3.63) is 82.8 Å². The highest BCUT2D eigenvalue weighted by atomic mass is 79.9. The largest absolute Gasteiger partial charge is 0.398 e. The summed E-state index contributed by atoms with van der Waals surface area (Å²) in [7, 11) is 0. The second kappa shape index (κ2) is 6.67. The van der Waals surface area contributed by atoms with Gasteiger partial charge in [0.05, 0.1) is 5.69 Å². The van der Waals surface area contributed by atoms with Crippen LogP contribution in [0.5, 0.6) is 0 Å². The lowest BCUT2D eigenvalue weighted by Crippen LogP contribution is -2.13. The SMILES string of the molecule is Nc1cccc(NC(=O)c2ccc(Br)cc2)c1-c1ccccc1. The first-order chi connectivity index (χ1) is 11.1. The van der Waals surface area contributed by atoms with Crippen molar-refractivity contribution in [1.29, 1.82) is 0 Å². The molecule has 0 saturated heterocycles. The standard InChI is InChI=1S/C19H15BrN2O/c20-15-11-9-14(10-12-15)19(23)22-17-8-4-7-16(21)18(17)13-5-2-1-3-6-13/h1-12H,21H2,(H,22,23). The lowest BCUT2D eigenvalue weighted by molar-refractivity contribution is 0.102. The van der Waals surface area contributed by atoms with Crippen LogP contribution in [0.2, 0.25) is 0 Å². The van der Waals surface area contributed by atoms with E-state index in [4.69, 9.17) is 5.73 Å². The number of halogens is 1. The summed E-state index contributed by atoms with van der Waals surface area (Å²) in [6, 6.07) is 22.5. The average Bonchev–Trinajstić information content (AvgIpc) is 2.56. The van der Waals surface area contributed by atoms with Gasteiger partial charge in [0.25, 0.3) is 5.91 Å². The van der Waals surface area contributed by atoms with Crippen LogP contribution in [0.3, 0.4) is 0 Å². The molecule has 0 spiro atoms. The fourth-order valence-electron chi connectivity index (χ4n) is 2.40. The molecule has 0 bridgehead atoms. The second-order valence-electron chi connectivity index (χ2n) is 5.10. The summed E-state index contributed by atoms with van der Waals surface area (Å²) in [6.07, 6.45) is 0. The first kappa shape index (κ1) is 15.3. The van der Waals surface area contributed by atoms with Crippen LogP contribution in [0.4, 0.5) is 11.4 Å². The van der Waals surface area contributed by atoms with Gasteiger partial charge in [-0.05, 0) is 42.0 Å². The lowest BCUT2D eigenvalue weighted by Gasteiger charge is -2.14. The molecule has 0 atom stereocenters. The molecule has 0 fully saturated rings. The van der Waals surface area contributed by atoms with Crippen molar-refractivity contribution in [3.63, 3.8) is 0 Å². The van der Waals surface area contributed by atoms with E-state index in [0.717, 1.165) is 15.6 Å². The molecule has 23 heavy (non-hydrogen) atoms. The number of benzene rings is 3. The molecule has 0 aromatic heterocycles. The number of nitrogens with two attached hydrogens (primary N) is 1. The van der Waals surface area contributed by atoms with Crippen LogP contribution in [-0.4, -0.2) is 5.91 Å². The van der Waals surface area contributed by atoms with Gasteiger partial charge < -0.3 is 11.1 Å². The van der Waals surface area contributed by atoms with E-state index in [1.165, 1.54) is 0 Å². The number of anilines is 2. The van der Waals surface area contributed by atoms with Crippen molar-refractivity contribution in [2.75, 3.05) is 11.1 Å². The van der Waals surface area contributed by atoms with E-state index in [0.29, 0.717) is 16.9 Å². The van der Waals surface area contributed by atoms with Gasteiger partial charge in [-0.2, -0.15) is 0 Å². The summed E-state index contributed by atoms with van der Waals surface area (Å²) in [5.74, 6) is -0.166. The van der Waals surface area contributed by atoms with Gasteiger partial charge in [-0.25, -0.2) is 0 Å². The molecular formula is C19H15BrN2O. The van der Waals surface area contributed by atoms with Crippen LogP contribution < -0.4 is 11.1 Å². The zero-order chi connectivity index (χ0) is 16.2. The number of carbonyl (C=O) groups is 1. The maximum atomic E-state index is 12.5. The monoisotopic (exact) mass is 366 g/mol. The third kappa shape index (κ3) is 3.43. The molecule has 0 saturated carbocycles. The molecule has 0 unspecified atom stereocenters. The van der Waals surface area contributed by atoms with E-state index in [2.05, 4.69) is 21.2 Å². The summed E-state index contributed by atoms with van der Waals surface area (Å²) in [4.78, 5) is 12.5. The highest BCUT2D eigenvalue weighted by molar-refractivity contribution is 9.10. The first-order valence-electron chi connectivity index (χ1n) is 7.16. The Kier molecular flexibility index (Phi) is 4.44. The zero-order valence-corrected chi connectivity index (χ0v) is 13.9. The van der Waals surface area contributed by atoms with E-state index in [9.17, 15) is 4.79 Å². The van der Waals surface area contributed by atoms with E-state index in [-0.39, 0.29) is 5.91 Å². The van der Waals surface area contributed by atoms with Crippen LogP contribution in [0.25, 0.3) is 11.1 Å². The molecule has 3 aromatic rings. The molecule has 3 N–H and O–H groups in total. The van der Waals surface area contributed by atoms with E-state index in [1.54, 1.807) is 12.1 Å². The molecule has 0 aliphatic heterocycles. The van der Waals surface area contributed by atoms with Gasteiger partial charge in [0, 0.05) is 21.3 Å². The van der Waals surface area contributed by atoms with Crippen molar-refractivity contribution in [3.8, 4) is 11.1 Å². The number of rotatable bonds is 3. The van der Waals surface area contributed by atoms with Crippen LogP contribution >= 0.6 is 15.9 Å². The van der Waals surface area contributed by atoms with Crippen molar-refractivity contribution in [1.82, 2.24) is 0 Å². The average molecular weight is 367 g/mol. The molecule has 1 amide bonds. The molecule has 3 nitrogen and oxygen atoms in total. The number of carbonyl (C=O) groups excluding carboxylic acids is 1. The molecular weight excluding hydrogens is 352 g/mol. The molecule has 4 heteroatoms. The highest BCUT2D eigenvalue weighted by Gasteiger charge is 2.12. The summed E-state index contributed by atoms with van der Waals surface area (Å²) >= 11 is 3.36. The predicted molar refractivity (Wildman–Crippen MR) is 98.4 cm³/mol. The Balaban J connectivity index is 1.96. The van der Waals surface area contributed by atoms with Gasteiger partial charge in [-0.15, -0.1) is 0 Å². The van der Waals surface area contributed by atoms with Crippen LogP contribution in [0.15, 0.2) is 77.3 Å². The Bertz CT molecular complexity index is 830. The molecule has 0 aliphatic carbocycles. The van der Waals surface area contributed by atoms with Gasteiger partial charge in [0.15, 0.2) is 0 Å². The molecule has 3 aromatic carbocycles.